The van der Waals surface area contributed by atoms with E-state index in [0.29, 0.717) is 18.8 Å². The van der Waals surface area contributed by atoms with Crippen LogP contribution in [0.1, 0.15) is 19.8 Å². The normalized spacial score (nSPS) is 29.5. The fraction of sp³-hybridized carbons (Fsp3) is 0.778. The predicted octanol–water partition coefficient (Wildman–Crippen LogP) is 1.76. The van der Waals surface area contributed by atoms with Crippen molar-refractivity contribution < 1.29 is 9.47 Å². The smallest absolute Gasteiger partial charge is 0.0841 e. The van der Waals surface area contributed by atoms with Crippen LogP contribution in [0.5, 0.6) is 0 Å². The van der Waals surface area contributed by atoms with Crippen LogP contribution in [-0.2, 0) is 9.47 Å². The molecule has 64 valence electrons. The lowest BCUT2D eigenvalue weighted by atomic mass is 9.92. The monoisotopic (exact) mass is 156 g/mol. The van der Waals surface area contributed by atoms with E-state index >= 15 is 0 Å². The first-order valence-electron chi connectivity index (χ1n) is 4.22. The first-order valence-corrected chi connectivity index (χ1v) is 4.22. The Balaban J connectivity index is 2.09. The lowest BCUT2D eigenvalue weighted by Gasteiger charge is -2.35. The molecule has 0 amide bonds. The maximum absolute atomic E-state index is 5.45. The molecule has 0 spiro atoms. The van der Waals surface area contributed by atoms with E-state index in [0.717, 1.165) is 19.4 Å². The number of hydrogen-bond donors (Lipinski definition) is 0. The molecule has 1 aliphatic carbocycles. The lowest BCUT2D eigenvalue weighted by Crippen LogP contribution is -2.41. The van der Waals surface area contributed by atoms with Crippen LogP contribution in [-0.4, -0.2) is 25.4 Å². The van der Waals surface area contributed by atoms with Crippen LogP contribution in [0.25, 0.3) is 0 Å². The number of rotatable bonds is 5. The van der Waals surface area contributed by atoms with Gasteiger partial charge in [0.2, 0.25) is 0 Å². The SMILES string of the molecule is C=CCOC1CCC1OCC. The molecule has 1 aliphatic rings. The molecule has 0 radical (unpaired) electrons. The fourth-order valence-electron chi connectivity index (χ4n) is 1.23. The van der Waals surface area contributed by atoms with Crippen molar-refractivity contribution in [2.75, 3.05) is 13.2 Å². The van der Waals surface area contributed by atoms with Crippen LogP contribution < -0.4 is 0 Å². The topological polar surface area (TPSA) is 18.5 Å². The average Bonchev–Trinajstić information content (AvgIpc) is 1.99. The Bertz CT molecular complexity index is 123. The van der Waals surface area contributed by atoms with Gasteiger partial charge in [-0.1, -0.05) is 6.08 Å². The van der Waals surface area contributed by atoms with Gasteiger partial charge >= 0.3 is 0 Å². The zero-order valence-corrected chi connectivity index (χ0v) is 7.08. The number of ether oxygens (including phenoxy) is 2. The predicted molar refractivity (Wildman–Crippen MR) is 44.6 cm³/mol. The van der Waals surface area contributed by atoms with Gasteiger partial charge in [-0.15, -0.1) is 6.58 Å². The average molecular weight is 156 g/mol. The van der Waals surface area contributed by atoms with Crippen molar-refractivity contribution in [2.45, 2.75) is 32.0 Å². The third kappa shape index (κ3) is 2.31. The summed E-state index contributed by atoms with van der Waals surface area (Å²) in [6.45, 7) is 7.05. The first kappa shape index (κ1) is 8.75. The molecule has 1 rings (SSSR count). The Morgan fingerprint density at radius 3 is 2.45 bits per heavy atom. The zero-order valence-electron chi connectivity index (χ0n) is 7.08. The van der Waals surface area contributed by atoms with Gasteiger partial charge in [0.1, 0.15) is 0 Å². The van der Waals surface area contributed by atoms with Gasteiger partial charge in [0.05, 0.1) is 18.8 Å². The van der Waals surface area contributed by atoms with Gasteiger partial charge in [0.15, 0.2) is 0 Å². The van der Waals surface area contributed by atoms with Gasteiger partial charge in [0, 0.05) is 6.61 Å². The van der Waals surface area contributed by atoms with Gasteiger partial charge in [0.25, 0.3) is 0 Å². The summed E-state index contributed by atoms with van der Waals surface area (Å²) in [6.07, 6.45) is 4.74. The van der Waals surface area contributed by atoms with Crippen LogP contribution in [0, 0.1) is 0 Å². The maximum Gasteiger partial charge on any atom is 0.0841 e. The quantitative estimate of drug-likeness (QED) is 0.565. The molecule has 0 bridgehead atoms. The fourth-order valence-corrected chi connectivity index (χ4v) is 1.23. The van der Waals surface area contributed by atoms with Crippen molar-refractivity contribution in [1.82, 2.24) is 0 Å². The van der Waals surface area contributed by atoms with E-state index in [4.69, 9.17) is 9.47 Å². The summed E-state index contributed by atoms with van der Waals surface area (Å²) in [5, 5.41) is 0. The standard InChI is InChI=1S/C9H16O2/c1-3-7-11-9-6-5-8(9)10-4-2/h3,8-9H,1,4-7H2,2H3. The van der Waals surface area contributed by atoms with Crippen LogP contribution in [0.2, 0.25) is 0 Å². The van der Waals surface area contributed by atoms with Crippen LogP contribution >= 0.6 is 0 Å². The van der Waals surface area contributed by atoms with Crippen molar-refractivity contribution in [3.05, 3.63) is 12.7 Å². The highest BCUT2D eigenvalue weighted by molar-refractivity contribution is 4.83. The number of hydrogen-bond acceptors (Lipinski definition) is 2. The van der Waals surface area contributed by atoms with Crippen molar-refractivity contribution in [1.29, 1.82) is 0 Å². The Hall–Kier alpha value is -0.340. The van der Waals surface area contributed by atoms with Gasteiger partial charge < -0.3 is 9.47 Å². The zero-order chi connectivity index (χ0) is 8.10. The van der Waals surface area contributed by atoms with Crippen molar-refractivity contribution in [3.8, 4) is 0 Å². The molecule has 0 saturated heterocycles. The molecule has 11 heavy (non-hydrogen) atoms. The molecule has 0 heterocycles. The van der Waals surface area contributed by atoms with Crippen molar-refractivity contribution >= 4 is 0 Å². The highest BCUT2D eigenvalue weighted by Gasteiger charge is 2.31. The molecule has 2 nitrogen and oxygen atoms in total. The minimum atomic E-state index is 0.327. The van der Waals surface area contributed by atoms with Crippen molar-refractivity contribution in [3.63, 3.8) is 0 Å². The van der Waals surface area contributed by atoms with Gasteiger partial charge in [-0.2, -0.15) is 0 Å². The molecule has 0 aromatic carbocycles. The molecular weight excluding hydrogens is 140 g/mol. The maximum atomic E-state index is 5.45. The molecular formula is C9H16O2. The summed E-state index contributed by atoms with van der Waals surface area (Å²) < 4.78 is 10.9. The van der Waals surface area contributed by atoms with Crippen LogP contribution in [0.4, 0.5) is 0 Å². The molecule has 0 aromatic rings. The van der Waals surface area contributed by atoms with E-state index in [1.165, 1.54) is 0 Å². The van der Waals surface area contributed by atoms with Crippen LogP contribution in [0.15, 0.2) is 12.7 Å². The van der Waals surface area contributed by atoms with Crippen LogP contribution in [0.3, 0.4) is 0 Å². The minimum Gasteiger partial charge on any atom is -0.376 e. The second kappa shape index (κ2) is 4.52. The molecule has 1 saturated carbocycles. The molecule has 1 fully saturated rings. The first-order chi connectivity index (χ1) is 5.38. The highest BCUT2D eigenvalue weighted by atomic mass is 16.5. The Labute approximate surface area is 68.2 Å². The summed E-state index contributed by atoms with van der Waals surface area (Å²) in [4.78, 5) is 0. The molecule has 0 aromatic heterocycles. The Morgan fingerprint density at radius 2 is 2.00 bits per heavy atom. The van der Waals surface area contributed by atoms with E-state index < -0.39 is 0 Å². The van der Waals surface area contributed by atoms with E-state index in [1.54, 1.807) is 6.08 Å². The van der Waals surface area contributed by atoms with Gasteiger partial charge in [-0.25, -0.2) is 0 Å². The summed E-state index contributed by atoms with van der Waals surface area (Å²) in [7, 11) is 0. The summed E-state index contributed by atoms with van der Waals surface area (Å²) in [5.74, 6) is 0. The highest BCUT2D eigenvalue weighted by Crippen LogP contribution is 2.26. The minimum absolute atomic E-state index is 0.327. The van der Waals surface area contributed by atoms with E-state index in [1.807, 2.05) is 6.92 Å². The third-order valence-corrected chi connectivity index (χ3v) is 1.96. The molecule has 2 heteroatoms. The molecule has 0 aliphatic heterocycles. The van der Waals surface area contributed by atoms with Gasteiger partial charge in [-0.05, 0) is 19.8 Å². The Morgan fingerprint density at radius 1 is 1.36 bits per heavy atom. The van der Waals surface area contributed by atoms with Crippen molar-refractivity contribution in [2.24, 2.45) is 0 Å². The molecule has 2 unspecified atom stereocenters. The summed E-state index contributed by atoms with van der Waals surface area (Å²) in [6, 6.07) is 0. The van der Waals surface area contributed by atoms with Gasteiger partial charge in [-0.3, -0.25) is 0 Å². The summed E-state index contributed by atoms with van der Waals surface area (Å²) in [5.41, 5.74) is 0. The Kier molecular flexibility index (Phi) is 3.60. The molecule has 2 atom stereocenters. The second-order valence-corrected chi connectivity index (χ2v) is 2.73. The largest absolute Gasteiger partial charge is 0.376 e. The van der Waals surface area contributed by atoms with E-state index in [-0.39, 0.29) is 0 Å². The second-order valence-electron chi connectivity index (χ2n) is 2.73. The lowest BCUT2D eigenvalue weighted by molar-refractivity contribution is -0.118. The summed E-state index contributed by atoms with van der Waals surface area (Å²) >= 11 is 0. The molecule has 0 N–H and O–H groups in total. The third-order valence-electron chi connectivity index (χ3n) is 1.96. The van der Waals surface area contributed by atoms with E-state index in [2.05, 4.69) is 6.58 Å². The van der Waals surface area contributed by atoms with E-state index in [9.17, 15) is 0 Å².